The molecule has 26 nitrogen and oxygen atoms in total. The Morgan fingerprint density at radius 2 is 0.691 bits per heavy atom. The van der Waals surface area contributed by atoms with Gasteiger partial charge in [0.1, 0.15) is 68.0 Å². The highest BCUT2D eigenvalue weighted by Crippen LogP contribution is 2.59. The fraction of sp³-hybridized carbons (Fsp3) is 0.500. The molecule has 2 amide bonds. The Morgan fingerprint density at radius 1 is 0.396 bits per heavy atom. The average molecular weight is 2080 g/mol. The van der Waals surface area contributed by atoms with E-state index in [1.807, 2.05) is 0 Å². The van der Waals surface area contributed by atoms with Gasteiger partial charge in [-0.05, 0) is 116 Å². The van der Waals surface area contributed by atoms with Gasteiger partial charge in [-0.3, -0.25) is 40.6 Å². The second-order valence-electron chi connectivity index (χ2n) is 35.9. The molecule has 0 aromatic heterocycles. The number of alkyl carbamates (subject to hydrolysis) is 2. The highest BCUT2D eigenvalue weighted by atomic mass is 32.2. The maximum Gasteiger partial charge on any atom is 0.415 e. The summed E-state index contributed by atoms with van der Waals surface area (Å²) in [6.45, 7) is 14.6. The number of ketones is 1. The van der Waals surface area contributed by atoms with Gasteiger partial charge in [0.05, 0.1) is 54.3 Å². The number of carbonyl (C=O) groups is 3. The molecule has 0 radical (unpaired) electrons. The van der Waals surface area contributed by atoms with Gasteiger partial charge >= 0.3 is 43.1 Å². The first-order valence-corrected chi connectivity index (χ1v) is 46.9. The van der Waals surface area contributed by atoms with E-state index in [0.29, 0.717) is 21.7 Å². The maximum atomic E-state index is 15.2. The predicted molar refractivity (Wildman–Crippen MR) is 480 cm³/mol. The molecule has 10 heterocycles. The van der Waals surface area contributed by atoms with Crippen molar-refractivity contribution in [3.8, 4) is 0 Å². The summed E-state index contributed by atoms with van der Waals surface area (Å²) < 4.78 is 312. The van der Waals surface area contributed by atoms with E-state index >= 15 is 13.2 Å². The highest BCUT2D eigenvalue weighted by Gasteiger charge is 2.68. The number of thioether (sulfide) groups is 5. The number of nitro groups is 2. The van der Waals surface area contributed by atoms with Crippen LogP contribution in [0.2, 0.25) is 0 Å². The minimum atomic E-state index is -4.76. The van der Waals surface area contributed by atoms with Crippen LogP contribution in [0.1, 0.15) is 114 Å². The molecule has 16 rings (SSSR count). The number of nitrogen functional groups attached to an aromatic ring is 1. The normalized spacial score (nSPS) is 27.6. The maximum absolute atomic E-state index is 15.2. The van der Waals surface area contributed by atoms with Gasteiger partial charge in [0, 0.05) is 122 Å². The van der Waals surface area contributed by atoms with Crippen LogP contribution in [-0.4, -0.2) is 188 Å². The number of nitrogens with two attached hydrogens (primary N) is 3. The van der Waals surface area contributed by atoms with Gasteiger partial charge in [-0.1, -0.05) is 114 Å². The number of hydrogen-bond acceptors (Lipinski definition) is 27. The van der Waals surface area contributed by atoms with Crippen molar-refractivity contribution in [1.82, 2.24) is 10.6 Å². The number of nitrogens with one attached hydrogen (secondary N) is 2. The standard InChI is InChI=1S/C22H19F4NO2S.C19H21F4N3O5S.C19H23F4N3O3S.C14H13F4N3O3S.C14H14F4N2OS/c1-13-6-5-9-15(19(13)23)21-12-29-20(22(24,25)26)16(21)11-30-18(27-21)10-17(28)14-7-3-2-4-8-14;1-9-5-10(26(28)29)6-11(13(9)20)18-8-30-14(19(21,22)23)12(18)7-32-15(25-18)24-16(27)31-17(2,3)4;1-9-5-10(24)6-11(13(9)20)18-8-28-14(19(21,22)23)12(18)7-30-15(26-18)25-16(27)29-17(2,3)4;1-6-2-7(21(22)23)3-8(10(6)15)13-5-24-11(14(16,17)18)9(13)4-25-12(19)20-13;1-7-3-2-4-8(10(7)15)13-6-21-11(14(16,17)18)9(13)5-22-12(19)20-13/h2-9,16,20H,10-12H2,1H3;5-6,12,14H,7-8H2,1-4H3,(H,24,25,27);5-6,12,14H,7-8,24H2,1-4H3,(H,25,26,27);2-3,9,11H,4-5H2,1H3,(H2,19,20);2-4,9,11H,5-6H2,1H3,(H2,19,20)/t16-,20+,21-;2*12-,14+,18-;2*9-,11+,13-/m11111/s1. The summed E-state index contributed by atoms with van der Waals surface area (Å²) in [4.78, 5) is 79.3. The number of Topliss-reactive ketones (excluding diaryl/α,β-unsaturated/α-hetero) is 1. The number of amides is 2. The summed E-state index contributed by atoms with van der Waals surface area (Å²) >= 11 is 4.83. The van der Waals surface area contributed by atoms with Gasteiger partial charge in [0.15, 0.2) is 57.0 Å². The van der Waals surface area contributed by atoms with Crippen molar-refractivity contribution in [2.75, 3.05) is 67.5 Å². The number of nitro benzene ring substituents is 2. The second kappa shape index (κ2) is 40.6. The Hall–Kier alpha value is -9.77. The number of fused-ring (bicyclic) bond motifs is 5. The van der Waals surface area contributed by atoms with E-state index in [0.717, 1.165) is 83.1 Å². The third-order valence-electron chi connectivity index (χ3n) is 24.0. The van der Waals surface area contributed by atoms with Crippen molar-refractivity contribution in [2.24, 2.45) is 66.0 Å². The fourth-order valence-corrected chi connectivity index (χ4v) is 23.4. The van der Waals surface area contributed by atoms with Crippen molar-refractivity contribution in [1.29, 1.82) is 0 Å². The topological polar surface area (TPSA) is 366 Å². The fourth-order valence-electron chi connectivity index (χ4n) is 17.8. The van der Waals surface area contributed by atoms with Gasteiger partial charge in [0.2, 0.25) is 0 Å². The first kappa shape index (κ1) is 108. The number of rotatable bonds is 10. The molecule has 8 N–H and O–H groups in total. The summed E-state index contributed by atoms with van der Waals surface area (Å²) in [6.07, 6.45) is -35.4. The number of hydrogen-bond donors (Lipinski definition) is 5. The number of amidine groups is 4. The SMILES string of the molecule is Cc1cc(N)cc([C@]23CO[C@H](C(F)(F)F)[C@H]2CSC(NC(=O)OC(C)(C)C)=N3)c1F.Cc1cc([N+](=O)[O-])cc([C@]23CO[C@H](C(F)(F)F)[C@H]2CSC(N)=N3)c1F.Cc1cc([N+](=O)[O-])cc([C@]23CO[C@H](C(F)(F)F)[C@H]2CSC(NC(=O)OC(C)(C)C)=N3)c1F.Cc1cccc([C@]23CO[C@H](C(F)(F)F)[C@H]2CSC(CC(=O)c2ccccc2)=N3)c1F.Cc1cccc([C@]23CO[C@H](C(F)(F)F)[C@H]2CSC(N)=N3)c1F. The van der Waals surface area contributed by atoms with E-state index in [1.165, 1.54) is 45.0 Å². The second-order valence-corrected chi connectivity index (χ2v) is 41.1. The first-order chi connectivity index (χ1) is 64.4. The molecule has 139 heavy (non-hydrogen) atoms. The first-order valence-electron chi connectivity index (χ1n) is 42.0. The van der Waals surface area contributed by atoms with E-state index < -0.39 is 212 Å². The Morgan fingerprint density at radius 3 is 1.02 bits per heavy atom. The molecule has 51 heteroatoms. The lowest BCUT2D eigenvalue weighted by molar-refractivity contribution is -0.385. The number of benzene rings is 6. The minimum Gasteiger partial charge on any atom is -0.444 e. The number of aryl methyl sites for hydroxylation is 5. The zero-order valence-corrected chi connectivity index (χ0v) is 79.1. The highest BCUT2D eigenvalue weighted by molar-refractivity contribution is 8.15. The van der Waals surface area contributed by atoms with Crippen LogP contribution in [0.4, 0.5) is 114 Å². The van der Waals surface area contributed by atoms with Crippen LogP contribution in [0.15, 0.2) is 128 Å². The molecule has 5 fully saturated rings. The van der Waals surface area contributed by atoms with E-state index in [2.05, 4.69) is 35.6 Å². The van der Waals surface area contributed by atoms with Gasteiger partial charge in [-0.2, -0.15) is 65.9 Å². The number of ether oxygens (including phenoxy) is 7. The third-order valence-corrected chi connectivity index (χ3v) is 28.9. The molecule has 15 atom stereocenters. The lowest BCUT2D eigenvalue weighted by Crippen LogP contribution is -2.47. The van der Waals surface area contributed by atoms with E-state index in [1.54, 1.807) is 110 Å². The number of carbonyl (C=O) groups excluding carboxylic acids is 3. The zero-order valence-electron chi connectivity index (χ0n) is 75.0. The smallest absolute Gasteiger partial charge is 0.415 e. The molecule has 0 saturated carbocycles. The van der Waals surface area contributed by atoms with E-state index in [9.17, 15) is 109 Å². The summed E-state index contributed by atoms with van der Waals surface area (Å²) in [5.74, 6) is -9.92. The molecular weight excluding hydrogens is 1990 g/mol. The number of aliphatic imine (C=N–C) groups is 5. The molecule has 0 bridgehead atoms. The Bertz CT molecular complexity index is 5870. The van der Waals surface area contributed by atoms with Crippen LogP contribution < -0.4 is 27.8 Å². The summed E-state index contributed by atoms with van der Waals surface area (Å²) in [7, 11) is 0. The Balaban J connectivity index is 0.000000156. The van der Waals surface area contributed by atoms with Crippen molar-refractivity contribution in [3.05, 3.63) is 214 Å². The van der Waals surface area contributed by atoms with Crippen LogP contribution in [0.3, 0.4) is 0 Å². The number of nitrogens with zero attached hydrogens (tertiary/aromatic N) is 7. The summed E-state index contributed by atoms with van der Waals surface area (Å²) in [5.41, 5.74) is 7.26. The lowest BCUT2D eigenvalue weighted by atomic mass is 9.78. The summed E-state index contributed by atoms with van der Waals surface area (Å²) in [5, 5.41) is 27.7. The van der Waals surface area contributed by atoms with Crippen molar-refractivity contribution in [2.45, 2.75) is 183 Å². The van der Waals surface area contributed by atoms with Crippen molar-refractivity contribution >= 4 is 120 Å². The largest absolute Gasteiger partial charge is 0.444 e. The number of non-ortho nitro benzene ring substituents is 2. The summed E-state index contributed by atoms with van der Waals surface area (Å²) in [6, 6.07) is 24.3. The van der Waals surface area contributed by atoms with E-state index in [4.69, 9.17) is 50.4 Å². The molecule has 10 aliphatic heterocycles. The molecule has 756 valence electrons. The monoisotopic (exact) mass is 2080 g/mol. The molecule has 10 aliphatic rings. The average Bonchev–Trinajstić information content (AvgIpc) is 1.62. The van der Waals surface area contributed by atoms with E-state index in [-0.39, 0.29) is 125 Å². The van der Waals surface area contributed by atoms with Gasteiger partial charge in [-0.15, -0.1) is 11.8 Å². The van der Waals surface area contributed by atoms with Gasteiger partial charge in [-0.25, -0.2) is 51.5 Å². The molecule has 5 saturated heterocycles. The van der Waals surface area contributed by atoms with Crippen molar-refractivity contribution < 1.29 is 145 Å². The Labute approximate surface area is 801 Å². The van der Waals surface area contributed by atoms with Crippen LogP contribution in [-0.2, 0) is 60.9 Å². The minimum absolute atomic E-state index is 0.00812. The van der Waals surface area contributed by atoms with Crippen LogP contribution in [0, 0.1) is 114 Å². The van der Waals surface area contributed by atoms with Gasteiger partial charge in [0.25, 0.3) is 11.4 Å². The molecule has 0 spiro atoms. The third kappa shape index (κ3) is 23.0. The number of halogens is 20. The molecule has 0 aliphatic carbocycles. The van der Waals surface area contributed by atoms with Crippen LogP contribution >= 0.6 is 58.8 Å². The lowest BCUT2D eigenvalue weighted by Gasteiger charge is -2.37. The number of alkyl halides is 15. The molecular formula is C88H90F20N12O14S5. The van der Waals surface area contributed by atoms with Crippen LogP contribution in [0.5, 0.6) is 0 Å². The Kier molecular flexibility index (Phi) is 31.5. The molecule has 0 unspecified atom stereocenters. The molecule has 6 aromatic carbocycles. The van der Waals surface area contributed by atoms with Gasteiger partial charge < -0.3 is 50.4 Å². The molecule has 6 aromatic rings. The van der Waals surface area contributed by atoms with Crippen molar-refractivity contribution in [3.63, 3.8) is 0 Å². The number of anilines is 1. The predicted octanol–water partition coefficient (Wildman–Crippen LogP) is 19.7. The zero-order chi connectivity index (χ0) is 103. The van der Waals surface area contributed by atoms with Crippen LogP contribution in [0.25, 0.3) is 0 Å². The quantitative estimate of drug-likeness (QED) is 0.0279.